The Morgan fingerprint density at radius 2 is 1.67 bits per heavy atom. The van der Waals surface area contributed by atoms with E-state index in [0.29, 0.717) is 17.9 Å². The fraction of sp³-hybridized carbons (Fsp3) is 0.0952. The Morgan fingerprint density at radius 1 is 0.875 bits per heavy atom. The molecule has 0 saturated heterocycles. The molecule has 0 atom stereocenters. The van der Waals surface area contributed by atoms with Gasteiger partial charge in [0.1, 0.15) is 5.82 Å². The van der Waals surface area contributed by atoms with Crippen molar-refractivity contribution in [3.63, 3.8) is 0 Å². The van der Waals surface area contributed by atoms with Crippen LogP contribution in [0.3, 0.4) is 0 Å². The first-order valence-corrected chi connectivity index (χ1v) is 7.97. The molecule has 0 N–H and O–H groups in total. The van der Waals surface area contributed by atoms with E-state index >= 15 is 0 Å². The lowest BCUT2D eigenvalue weighted by Crippen LogP contribution is -1.98. The molecule has 0 aliphatic heterocycles. The number of aromatic nitrogens is 1. The monoisotopic (exact) mass is 317 g/mol. The molecule has 0 unspecified atom stereocenters. The molecule has 0 spiro atoms. The zero-order chi connectivity index (χ0) is 16.5. The van der Waals surface area contributed by atoms with Gasteiger partial charge in [0.25, 0.3) is 0 Å². The Balaban J connectivity index is 1.95. The van der Waals surface area contributed by atoms with Gasteiger partial charge in [0, 0.05) is 5.56 Å². The van der Waals surface area contributed by atoms with E-state index < -0.39 is 0 Å². The van der Waals surface area contributed by atoms with Gasteiger partial charge >= 0.3 is 0 Å². The van der Waals surface area contributed by atoms with Crippen molar-refractivity contribution in [1.82, 2.24) is 4.98 Å². The largest absolute Gasteiger partial charge is 0.477 e. The molecule has 0 radical (unpaired) electrons. The van der Waals surface area contributed by atoms with E-state index in [9.17, 15) is 4.39 Å². The van der Waals surface area contributed by atoms with Crippen molar-refractivity contribution in [2.45, 2.75) is 6.92 Å². The van der Waals surface area contributed by atoms with Crippen molar-refractivity contribution in [1.29, 1.82) is 0 Å². The Bertz CT molecular complexity index is 1040. The quantitative estimate of drug-likeness (QED) is 0.491. The van der Waals surface area contributed by atoms with Gasteiger partial charge in [0.2, 0.25) is 5.88 Å². The van der Waals surface area contributed by atoms with Crippen LogP contribution in [0.5, 0.6) is 5.88 Å². The number of halogens is 1. The summed E-state index contributed by atoms with van der Waals surface area (Å²) in [4.78, 5) is 4.57. The highest BCUT2D eigenvalue weighted by Gasteiger charge is 2.12. The Morgan fingerprint density at radius 3 is 2.50 bits per heavy atom. The summed E-state index contributed by atoms with van der Waals surface area (Å²) in [5.41, 5.74) is 1.77. The van der Waals surface area contributed by atoms with Crippen LogP contribution in [0.4, 0.5) is 4.39 Å². The van der Waals surface area contributed by atoms with Gasteiger partial charge in [-0.1, -0.05) is 48.5 Å². The summed E-state index contributed by atoms with van der Waals surface area (Å²) < 4.78 is 19.8. The summed E-state index contributed by atoms with van der Waals surface area (Å²) in [7, 11) is 0. The molecule has 3 aromatic carbocycles. The molecule has 3 heteroatoms. The molecule has 0 aliphatic rings. The fourth-order valence-corrected chi connectivity index (χ4v) is 2.97. The number of rotatable bonds is 3. The van der Waals surface area contributed by atoms with Gasteiger partial charge in [-0.25, -0.2) is 9.37 Å². The molecular formula is C21H16FNO. The van der Waals surface area contributed by atoms with E-state index in [1.165, 1.54) is 11.5 Å². The zero-order valence-electron chi connectivity index (χ0n) is 13.3. The zero-order valence-corrected chi connectivity index (χ0v) is 13.3. The molecule has 0 saturated carbocycles. The summed E-state index contributed by atoms with van der Waals surface area (Å²) in [6.07, 6.45) is 0. The second-order valence-electron chi connectivity index (χ2n) is 5.65. The average molecular weight is 317 g/mol. The normalized spacial score (nSPS) is 11.1. The van der Waals surface area contributed by atoms with Crippen LogP contribution in [0.1, 0.15) is 6.92 Å². The topological polar surface area (TPSA) is 22.1 Å². The predicted octanol–water partition coefficient (Wildman–Crippen LogP) is 5.59. The van der Waals surface area contributed by atoms with Gasteiger partial charge in [-0.3, -0.25) is 0 Å². The van der Waals surface area contributed by atoms with Crippen LogP contribution < -0.4 is 4.74 Å². The minimum absolute atomic E-state index is 0.312. The van der Waals surface area contributed by atoms with Crippen LogP contribution in [0.25, 0.3) is 32.8 Å². The van der Waals surface area contributed by atoms with Crippen molar-refractivity contribution in [2.24, 2.45) is 0 Å². The molecule has 1 aromatic heterocycles. The maximum absolute atomic E-state index is 14.2. The molecule has 0 aliphatic carbocycles. The third-order valence-electron chi connectivity index (χ3n) is 4.10. The fourth-order valence-electron chi connectivity index (χ4n) is 2.97. The van der Waals surface area contributed by atoms with Crippen LogP contribution in [0.2, 0.25) is 0 Å². The Hall–Kier alpha value is -2.94. The van der Waals surface area contributed by atoms with Crippen LogP contribution in [-0.2, 0) is 0 Å². The number of hydrogen-bond donors (Lipinski definition) is 0. The molecular weight excluding hydrogens is 301 g/mol. The number of hydrogen-bond acceptors (Lipinski definition) is 2. The van der Waals surface area contributed by atoms with Crippen molar-refractivity contribution < 1.29 is 9.13 Å². The molecule has 118 valence electrons. The minimum atomic E-state index is -0.312. The second kappa shape index (κ2) is 5.93. The summed E-state index contributed by atoms with van der Waals surface area (Å²) in [5.74, 6) is 0.0322. The summed E-state index contributed by atoms with van der Waals surface area (Å²) in [6.45, 7) is 2.31. The van der Waals surface area contributed by atoms with Crippen LogP contribution >= 0.6 is 0 Å². The SMILES string of the molecule is CCOc1nc(-c2ccc3ccccc3c2)cc2cccc(F)c12. The van der Waals surface area contributed by atoms with E-state index in [2.05, 4.69) is 29.2 Å². The summed E-state index contributed by atoms with van der Waals surface area (Å²) in [5, 5.41) is 3.55. The number of pyridine rings is 1. The maximum Gasteiger partial charge on any atom is 0.224 e. The molecule has 4 aromatic rings. The lowest BCUT2D eigenvalue weighted by molar-refractivity contribution is 0.330. The van der Waals surface area contributed by atoms with Gasteiger partial charge < -0.3 is 4.74 Å². The number of benzene rings is 3. The summed E-state index contributed by atoms with van der Waals surface area (Å²) >= 11 is 0. The van der Waals surface area contributed by atoms with E-state index in [1.54, 1.807) is 6.07 Å². The van der Waals surface area contributed by atoms with E-state index in [4.69, 9.17) is 4.74 Å². The van der Waals surface area contributed by atoms with E-state index in [-0.39, 0.29) is 5.82 Å². The molecule has 1 heterocycles. The predicted molar refractivity (Wildman–Crippen MR) is 95.8 cm³/mol. The second-order valence-corrected chi connectivity index (χ2v) is 5.65. The highest BCUT2D eigenvalue weighted by atomic mass is 19.1. The molecule has 24 heavy (non-hydrogen) atoms. The maximum atomic E-state index is 14.2. The highest BCUT2D eigenvalue weighted by molar-refractivity contribution is 5.92. The molecule has 4 rings (SSSR count). The standard InChI is InChI=1S/C21H16FNO/c1-2-24-21-20-17(8-5-9-18(20)22)13-19(23-21)16-11-10-14-6-3-4-7-15(14)12-16/h3-13H,2H2,1H3. The third-order valence-corrected chi connectivity index (χ3v) is 4.10. The number of nitrogens with zero attached hydrogens (tertiary/aromatic N) is 1. The Labute approximate surface area is 139 Å². The van der Waals surface area contributed by atoms with E-state index in [0.717, 1.165) is 22.0 Å². The first kappa shape index (κ1) is 14.6. The average Bonchev–Trinajstić information content (AvgIpc) is 2.61. The molecule has 0 bridgehead atoms. The van der Waals surface area contributed by atoms with Gasteiger partial charge in [-0.2, -0.15) is 0 Å². The minimum Gasteiger partial charge on any atom is -0.477 e. The first-order chi connectivity index (χ1) is 11.8. The third kappa shape index (κ3) is 2.48. The van der Waals surface area contributed by atoms with Crippen molar-refractivity contribution in [2.75, 3.05) is 6.61 Å². The smallest absolute Gasteiger partial charge is 0.224 e. The van der Waals surface area contributed by atoms with Gasteiger partial charge in [0.05, 0.1) is 17.7 Å². The van der Waals surface area contributed by atoms with Crippen molar-refractivity contribution in [3.05, 3.63) is 72.5 Å². The van der Waals surface area contributed by atoms with Gasteiger partial charge in [0.15, 0.2) is 0 Å². The first-order valence-electron chi connectivity index (χ1n) is 7.97. The highest BCUT2D eigenvalue weighted by Crippen LogP contribution is 2.32. The van der Waals surface area contributed by atoms with Crippen molar-refractivity contribution in [3.8, 4) is 17.1 Å². The summed E-state index contributed by atoms with van der Waals surface area (Å²) in [6, 6.07) is 21.3. The van der Waals surface area contributed by atoms with Gasteiger partial charge in [-0.05, 0) is 41.3 Å². The van der Waals surface area contributed by atoms with Crippen LogP contribution in [0.15, 0.2) is 66.7 Å². The van der Waals surface area contributed by atoms with Crippen molar-refractivity contribution >= 4 is 21.5 Å². The molecule has 0 fully saturated rings. The van der Waals surface area contributed by atoms with Crippen LogP contribution in [0, 0.1) is 5.82 Å². The number of fused-ring (bicyclic) bond motifs is 2. The lowest BCUT2D eigenvalue weighted by Gasteiger charge is -2.11. The lowest BCUT2D eigenvalue weighted by atomic mass is 10.0. The Kier molecular flexibility index (Phi) is 3.62. The van der Waals surface area contributed by atoms with Gasteiger partial charge in [-0.15, -0.1) is 0 Å². The number of ether oxygens (including phenoxy) is 1. The molecule has 2 nitrogen and oxygen atoms in total. The van der Waals surface area contributed by atoms with Crippen LogP contribution in [-0.4, -0.2) is 11.6 Å². The molecule has 0 amide bonds. The van der Waals surface area contributed by atoms with E-state index in [1.807, 2.05) is 37.3 Å².